The van der Waals surface area contributed by atoms with Crippen LogP contribution in [0.2, 0.25) is 0 Å². The number of carbonyl (C=O) groups is 1. The molecule has 0 bridgehead atoms. The van der Waals surface area contributed by atoms with Gasteiger partial charge in [-0.05, 0) is 18.8 Å². The first-order chi connectivity index (χ1) is 8.63. The first kappa shape index (κ1) is 11.9. The number of nitrogens with one attached hydrogen (secondary N) is 1. The summed E-state index contributed by atoms with van der Waals surface area (Å²) in [7, 11) is 0. The molecular formula is C14H18N2OS. The van der Waals surface area contributed by atoms with E-state index in [-0.39, 0.29) is 11.8 Å². The van der Waals surface area contributed by atoms with E-state index in [2.05, 4.69) is 31.1 Å². The molecule has 1 aromatic heterocycles. The number of fused-ring (bicyclic) bond motifs is 1. The molecule has 3 atom stereocenters. The summed E-state index contributed by atoms with van der Waals surface area (Å²) in [5.74, 6) is 2.14. The Labute approximate surface area is 111 Å². The van der Waals surface area contributed by atoms with Gasteiger partial charge >= 0.3 is 0 Å². The standard InChI is InChI=1S/C14H18N2OS/c1-4-9-10-11(7(2)5-8(3)12(10)17)16-14-13(9)18-6-15-14/h6-9,16H,4-5H2,1-3H3. The van der Waals surface area contributed by atoms with Crippen molar-refractivity contribution >= 4 is 22.9 Å². The molecule has 2 aliphatic rings. The van der Waals surface area contributed by atoms with Crippen molar-refractivity contribution in [2.45, 2.75) is 39.5 Å². The van der Waals surface area contributed by atoms with Crippen molar-refractivity contribution < 1.29 is 4.79 Å². The molecule has 1 aliphatic heterocycles. The van der Waals surface area contributed by atoms with Crippen LogP contribution in [0.25, 0.3) is 0 Å². The van der Waals surface area contributed by atoms with Crippen LogP contribution in [-0.4, -0.2) is 10.8 Å². The fourth-order valence-electron chi connectivity index (χ4n) is 3.21. The van der Waals surface area contributed by atoms with Gasteiger partial charge < -0.3 is 5.32 Å². The number of hydrogen-bond acceptors (Lipinski definition) is 4. The Kier molecular flexibility index (Phi) is 2.77. The van der Waals surface area contributed by atoms with Gasteiger partial charge in [0, 0.05) is 23.1 Å². The summed E-state index contributed by atoms with van der Waals surface area (Å²) in [6.07, 6.45) is 1.92. The van der Waals surface area contributed by atoms with Gasteiger partial charge in [0.25, 0.3) is 0 Å². The normalized spacial score (nSPS) is 30.8. The fourth-order valence-corrected chi connectivity index (χ4v) is 4.15. The largest absolute Gasteiger partial charge is 0.342 e. The van der Waals surface area contributed by atoms with Crippen molar-refractivity contribution in [1.82, 2.24) is 4.98 Å². The summed E-state index contributed by atoms with van der Waals surface area (Å²) in [4.78, 5) is 18.1. The lowest BCUT2D eigenvalue weighted by atomic mass is 9.73. The van der Waals surface area contributed by atoms with E-state index in [1.165, 1.54) is 4.88 Å². The molecule has 96 valence electrons. The van der Waals surface area contributed by atoms with Crippen LogP contribution < -0.4 is 5.32 Å². The quantitative estimate of drug-likeness (QED) is 0.841. The highest BCUT2D eigenvalue weighted by molar-refractivity contribution is 7.10. The van der Waals surface area contributed by atoms with E-state index < -0.39 is 0 Å². The maximum Gasteiger partial charge on any atom is 0.164 e. The lowest BCUT2D eigenvalue weighted by Gasteiger charge is -2.36. The molecule has 0 radical (unpaired) electrons. The van der Waals surface area contributed by atoms with E-state index in [1.54, 1.807) is 11.3 Å². The predicted octanol–water partition coefficient (Wildman–Crippen LogP) is 3.56. The Morgan fingerprint density at radius 3 is 2.94 bits per heavy atom. The number of rotatable bonds is 1. The van der Waals surface area contributed by atoms with Crippen molar-refractivity contribution in [2.75, 3.05) is 5.32 Å². The Morgan fingerprint density at radius 1 is 1.44 bits per heavy atom. The molecule has 1 N–H and O–H groups in total. The molecule has 0 amide bonds. The Bertz CT molecular complexity index is 532. The van der Waals surface area contributed by atoms with E-state index >= 15 is 0 Å². The Balaban J connectivity index is 2.14. The number of thiazole rings is 1. The van der Waals surface area contributed by atoms with E-state index in [0.29, 0.717) is 11.7 Å². The number of nitrogens with zero attached hydrogens (tertiary/aromatic N) is 1. The van der Waals surface area contributed by atoms with Crippen molar-refractivity contribution in [1.29, 1.82) is 0 Å². The molecule has 3 rings (SSSR count). The minimum Gasteiger partial charge on any atom is -0.342 e. The van der Waals surface area contributed by atoms with Crippen LogP contribution in [0.15, 0.2) is 16.8 Å². The highest BCUT2D eigenvalue weighted by Crippen LogP contribution is 2.47. The second-order valence-corrected chi connectivity index (χ2v) is 6.27. The number of carbonyl (C=O) groups excluding carboxylic acids is 1. The molecule has 0 saturated heterocycles. The van der Waals surface area contributed by atoms with Gasteiger partial charge in [0.2, 0.25) is 0 Å². The van der Waals surface area contributed by atoms with Crippen LogP contribution in [0.5, 0.6) is 0 Å². The van der Waals surface area contributed by atoms with E-state index in [1.807, 2.05) is 5.51 Å². The van der Waals surface area contributed by atoms with Crippen molar-refractivity contribution in [2.24, 2.45) is 11.8 Å². The second-order valence-electron chi connectivity index (χ2n) is 5.38. The molecule has 0 spiro atoms. The van der Waals surface area contributed by atoms with Crippen molar-refractivity contribution in [3.8, 4) is 0 Å². The number of allylic oxidation sites excluding steroid dienone is 2. The minimum atomic E-state index is 0.157. The molecule has 3 unspecified atom stereocenters. The summed E-state index contributed by atoms with van der Waals surface area (Å²) in [6.45, 7) is 6.41. The Hall–Kier alpha value is -1.16. The maximum atomic E-state index is 12.5. The zero-order valence-corrected chi connectivity index (χ0v) is 11.8. The van der Waals surface area contributed by atoms with Gasteiger partial charge in [-0.25, -0.2) is 4.98 Å². The van der Waals surface area contributed by atoms with Crippen LogP contribution in [-0.2, 0) is 4.79 Å². The number of Topliss-reactive ketones (excluding diaryl/α,β-unsaturated/α-hetero) is 1. The van der Waals surface area contributed by atoms with E-state index in [4.69, 9.17) is 0 Å². The molecule has 1 aromatic rings. The first-order valence-corrected chi connectivity index (χ1v) is 7.50. The van der Waals surface area contributed by atoms with Gasteiger partial charge in [-0.1, -0.05) is 20.8 Å². The van der Waals surface area contributed by atoms with Crippen LogP contribution in [0.4, 0.5) is 5.82 Å². The van der Waals surface area contributed by atoms with Gasteiger partial charge in [-0.3, -0.25) is 4.79 Å². The van der Waals surface area contributed by atoms with Crippen molar-refractivity contribution in [3.05, 3.63) is 21.7 Å². The van der Waals surface area contributed by atoms with Crippen molar-refractivity contribution in [3.63, 3.8) is 0 Å². The fraction of sp³-hybridized carbons (Fsp3) is 0.571. The number of anilines is 1. The van der Waals surface area contributed by atoms with Gasteiger partial charge in [0.1, 0.15) is 5.82 Å². The lowest BCUT2D eigenvalue weighted by Crippen LogP contribution is -2.33. The van der Waals surface area contributed by atoms with E-state index in [9.17, 15) is 4.79 Å². The van der Waals surface area contributed by atoms with Gasteiger partial charge in [-0.2, -0.15) is 0 Å². The zero-order valence-electron chi connectivity index (χ0n) is 11.0. The molecule has 0 fully saturated rings. The second kappa shape index (κ2) is 4.19. The summed E-state index contributed by atoms with van der Waals surface area (Å²) in [5.41, 5.74) is 4.03. The SMILES string of the molecule is CCC1C2=C(Nc3ncsc31)C(C)CC(C)C2=O. The minimum absolute atomic E-state index is 0.157. The molecule has 4 heteroatoms. The molecule has 18 heavy (non-hydrogen) atoms. The van der Waals surface area contributed by atoms with Crippen LogP contribution in [0.3, 0.4) is 0 Å². The number of ketones is 1. The third kappa shape index (κ3) is 1.55. The Morgan fingerprint density at radius 2 is 2.22 bits per heavy atom. The number of aromatic nitrogens is 1. The molecule has 3 nitrogen and oxygen atoms in total. The highest BCUT2D eigenvalue weighted by atomic mass is 32.1. The zero-order chi connectivity index (χ0) is 12.9. The lowest BCUT2D eigenvalue weighted by molar-refractivity contribution is -0.120. The van der Waals surface area contributed by atoms with Crippen LogP contribution in [0.1, 0.15) is 44.4 Å². The number of hydrogen-bond donors (Lipinski definition) is 1. The third-order valence-corrected chi connectivity index (χ3v) is 5.07. The first-order valence-electron chi connectivity index (χ1n) is 6.62. The van der Waals surface area contributed by atoms with Crippen LogP contribution in [0, 0.1) is 11.8 Å². The smallest absolute Gasteiger partial charge is 0.164 e. The predicted molar refractivity (Wildman–Crippen MR) is 73.7 cm³/mol. The highest BCUT2D eigenvalue weighted by Gasteiger charge is 2.39. The summed E-state index contributed by atoms with van der Waals surface area (Å²) in [6, 6.07) is 0. The van der Waals surface area contributed by atoms with Gasteiger partial charge in [-0.15, -0.1) is 11.3 Å². The summed E-state index contributed by atoms with van der Waals surface area (Å²) in [5, 5.41) is 3.40. The molecule has 0 saturated carbocycles. The molecule has 2 heterocycles. The monoisotopic (exact) mass is 262 g/mol. The third-order valence-electron chi connectivity index (χ3n) is 4.12. The van der Waals surface area contributed by atoms with Gasteiger partial charge in [0.05, 0.1) is 10.4 Å². The average Bonchev–Trinajstić information content (AvgIpc) is 2.81. The maximum absolute atomic E-state index is 12.5. The van der Waals surface area contributed by atoms with E-state index in [0.717, 1.165) is 29.9 Å². The van der Waals surface area contributed by atoms with Gasteiger partial charge in [0.15, 0.2) is 5.78 Å². The topological polar surface area (TPSA) is 42.0 Å². The molecular weight excluding hydrogens is 244 g/mol. The average molecular weight is 262 g/mol. The summed E-state index contributed by atoms with van der Waals surface area (Å²) < 4.78 is 0. The van der Waals surface area contributed by atoms with Crippen LogP contribution >= 0.6 is 11.3 Å². The summed E-state index contributed by atoms with van der Waals surface area (Å²) >= 11 is 1.66. The molecule has 0 aromatic carbocycles. The molecule has 1 aliphatic carbocycles.